The van der Waals surface area contributed by atoms with E-state index in [1.165, 1.54) is 24.3 Å². The minimum atomic E-state index is -1.02. The van der Waals surface area contributed by atoms with E-state index < -0.39 is 12.0 Å². The molecule has 1 aromatic carbocycles. The lowest BCUT2D eigenvalue weighted by molar-refractivity contribution is -0.142. The third-order valence-corrected chi connectivity index (χ3v) is 2.84. The maximum absolute atomic E-state index is 12.7. The Morgan fingerprint density at radius 1 is 1.33 bits per heavy atom. The molecule has 0 aliphatic rings. The monoisotopic (exact) mass is 297 g/mol. The zero-order valence-electron chi connectivity index (χ0n) is 12.0. The summed E-state index contributed by atoms with van der Waals surface area (Å²) < 4.78 is 18.0. The molecule has 0 fully saturated rings. The lowest BCUT2D eigenvalue weighted by Gasteiger charge is -2.13. The average molecular weight is 297 g/mol. The lowest BCUT2D eigenvalue weighted by atomic mass is 10.1. The Bertz CT molecular complexity index is 461. The van der Waals surface area contributed by atoms with Crippen molar-refractivity contribution in [2.75, 3.05) is 6.61 Å². The molecule has 0 bridgehead atoms. The maximum atomic E-state index is 12.7. The Morgan fingerprint density at radius 3 is 2.57 bits per heavy atom. The van der Waals surface area contributed by atoms with Crippen molar-refractivity contribution < 1.29 is 23.8 Å². The molecule has 0 unspecified atom stereocenters. The number of carboxylic acid groups (broad SMARTS) is 1. The number of carbonyl (C=O) groups excluding carboxylic acids is 1. The number of halogens is 1. The largest absolute Gasteiger partial charge is 0.494 e. The number of aliphatic carboxylic acids is 1. The Hall–Kier alpha value is -2.11. The van der Waals surface area contributed by atoms with Gasteiger partial charge in [-0.3, -0.25) is 4.79 Å². The molecule has 0 aliphatic heterocycles. The molecular formula is C15H20FNO4. The zero-order valence-corrected chi connectivity index (χ0v) is 12.0. The van der Waals surface area contributed by atoms with E-state index in [0.717, 1.165) is 0 Å². The molecule has 0 aliphatic carbocycles. The number of hydrogen-bond donors (Lipinski definition) is 2. The summed E-state index contributed by atoms with van der Waals surface area (Å²) in [6.07, 6.45) is 1.74. The van der Waals surface area contributed by atoms with Crippen molar-refractivity contribution in [3.8, 4) is 5.75 Å². The smallest absolute Gasteiger partial charge is 0.326 e. The number of nitrogens with one attached hydrogen (secondary N) is 1. The number of ether oxygens (including phenoxy) is 1. The molecule has 1 atom stereocenters. The molecule has 0 saturated carbocycles. The van der Waals surface area contributed by atoms with Crippen LogP contribution in [0.1, 0.15) is 32.6 Å². The van der Waals surface area contributed by atoms with Crippen LogP contribution in [-0.4, -0.2) is 29.6 Å². The zero-order chi connectivity index (χ0) is 15.7. The van der Waals surface area contributed by atoms with Crippen molar-refractivity contribution in [3.63, 3.8) is 0 Å². The predicted molar refractivity (Wildman–Crippen MR) is 75.6 cm³/mol. The fourth-order valence-electron chi connectivity index (χ4n) is 1.77. The van der Waals surface area contributed by atoms with E-state index in [0.29, 0.717) is 31.6 Å². The molecule has 1 rings (SSSR count). The van der Waals surface area contributed by atoms with E-state index in [-0.39, 0.29) is 18.1 Å². The molecule has 6 heteroatoms. The van der Waals surface area contributed by atoms with Gasteiger partial charge in [0.25, 0.3) is 0 Å². The standard InChI is InChI=1S/C15H20FNO4/c1-2-4-13(15(19)20)17-14(18)5-3-10-21-12-8-6-11(16)7-9-12/h6-9,13H,2-5,10H2,1H3,(H,17,18)(H,19,20)/t13-/m0/s1. The van der Waals surface area contributed by atoms with Gasteiger partial charge in [0, 0.05) is 6.42 Å². The first kappa shape index (κ1) is 16.9. The van der Waals surface area contributed by atoms with Crippen LogP contribution >= 0.6 is 0 Å². The molecule has 0 aromatic heterocycles. The highest BCUT2D eigenvalue weighted by molar-refractivity contribution is 5.83. The van der Waals surface area contributed by atoms with Gasteiger partial charge in [0.05, 0.1) is 6.61 Å². The summed E-state index contributed by atoms with van der Waals surface area (Å²) in [5, 5.41) is 11.4. The predicted octanol–water partition coefficient (Wildman–Crippen LogP) is 2.35. The number of benzene rings is 1. The number of rotatable bonds is 9. The van der Waals surface area contributed by atoms with E-state index in [4.69, 9.17) is 9.84 Å². The fraction of sp³-hybridized carbons (Fsp3) is 0.467. The van der Waals surface area contributed by atoms with Gasteiger partial charge in [0.1, 0.15) is 17.6 Å². The second-order valence-corrected chi connectivity index (χ2v) is 4.65. The van der Waals surface area contributed by atoms with Crippen LogP contribution in [-0.2, 0) is 9.59 Å². The van der Waals surface area contributed by atoms with Gasteiger partial charge in [0.2, 0.25) is 5.91 Å². The van der Waals surface area contributed by atoms with Gasteiger partial charge in [-0.25, -0.2) is 9.18 Å². The Kier molecular flexibility index (Phi) is 7.21. The minimum Gasteiger partial charge on any atom is -0.494 e. The highest BCUT2D eigenvalue weighted by Gasteiger charge is 2.18. The van der Waals surface area contributed by atoms with Crippen LogP contribution in [0.5, 0.6) is 5.75 Å². The summed E-state index contributed by atoms with van der Waals surface area (Å²) >= 11 is 0. The third kappa shape index (κ3) is 6.74. The Labute approximate surface area is 123 Å². The number of hydrogen-bond acceptors (Lipinski definition) is 3. The first-order chi connectivity index (χ1) is 10.0. The molecule has 1 amide bonds. The number of carboxylic acids is 1. The highest BCUT2D eigenvalue weighted by Crippen LogP contribution is 2.11. The normalized spacial score (nSPS) is 11.7. The van der Waals surface area contributed by atoms with Crippen molar-refractivity contribution in [2.24, 2.45) is 0 Å². The van der Waals surface area contributed by atoms with Gasteiger partial charge in [-0.05, 0) is 37.1 Å². The quantitative estimate of drug-likeness (QED) is 0.686. The molecule has 2 N–H and O–H groups in total. The van der Waals surface area contributed by atoms with Crippen LogP contribution in [0.2, 0.25) is 0 Å². The molecule has 0 heterocycles. The molecule has 21 heavy (non-hydrogen) atoms. The molecular weight excluding hydrogens is 277 g/mol. The van der Waals surface area contributed by atoms with Crippen LogP contribution in [0.25, 0.3) is 0 Å². The Balaban J connectivity index is 2.23. The van der Waals surface area contributed by atoms with E-state index in [1.807, 2.05) is 6.92 Å². The second kappa shape index (κ2) is 8.94. The number of carbonyl (C=O) groups is 2. The van der Waals surface area contributed by atoms with Crippen LogP contribution in [0, 0.1) is 5.82 Å². The molecule has 116 valence electrons. The summed E-state index contributed by atoms with van der Waals surface area (Å²) in [6.45, 7) is 2.17. The van der Waals surface area contributed by atoms with Crippen LogP contribution in [0.4, 0.5) is 4.39 Å². The minimum absolute atomic E-state index is 0.189. The lowest BCUT2D eigenvalue weighted by Crippen LogP contribution is -2.40. The van der Waals surface area contributed by atoms with Gasteiger partial charge < -0.3 is 15.2 Å². The van der Waals surface area contributed by atoms with Crippen molar-refractivity contribution >= 4 is 11.9 Å². The summed E-state index contributed by atoms with van der Waals surface area (Å²) in [4.78, 5) is 22.5. The maximum Gasteiger partial charge on any atom is 0.326 e. The van der Waals surface area contributed by atoms with Crippen molar-refractivity contribution in [1.29, 1.82) is 0 Å². The summed E-state index contributed by atoms with van der Waals surface area (Å²) in [5.41, 5.74) is 0. The first-order valence-corrected chi connectivity index (χ1v) is 6.93. The van der Waals surface area contributed by atoms with E-state index >= 15 is 0 Å². The van der Waals surface area contributed by atoms with Crippen LogP contribution < -0.4 is 10.1 Å². The SMILES string of the molecule is CCC[C@H](NC(=O)CCCOc1ccc(F)cc1)C(=O)O. The molecule has 1 aromatic rings. The van der Waals surface area contributed by atoms with E-state index in [9.17, 15) is 14.0 Å². The molecule has 5 nitrogen and oxygen atoms in total. The van der Waals surface area contributed by atoms with Crippen molar-refractivity contribution in [1.82, 2.24) is 5.32 Å². The van der Waals surface area contributed by atoms with Crippen molar-refractivity contribution in [3.05, 3.63) is 30.1 Å². The average Bonchev–Trinajstić information content (AvgIpc) is 2.45. The second-order valence-electron chi connectivity index (χ2n) is 4.65. The summed E-state index contributed by atoms with van der Waals surface area (Å²) in [6, 6.07) is 4.78. The highest BCUT2D eigenvalue weighted by atomic mass is 19.1. The topological polar surface area (TPSA) is 75.6 Å². The van der Waals surface area contributed by atoms with Crippen molar-refractivity contribution in [2.45, 2.75) is 38.6 Å². The molecule has 0 radical (unpaired) electrons. The van der Waals surface area contributed by atoms with Crippen LogP contribution in [0.15, 0.2) is 24.3 Å². The van der Waals surface area contributed by atoms with Gasteiger partial charge in [0.15, 0.2) is 0 Å². The van der Waals surface area contributed by atoms with Gasteiger partial charge in [-0.2, -0.15) is 0 Å². The first-order valence-electron chi connectivity index (χ1n) is 6.93. The van der Waals surface area contributed by atoms with E-state index in [1.54, 1.807) is 0 Å². The van der Waals surface area contributed by atoms with Gasteiger partial charge in [-0.1, -0.05) is 13.3 Å². The fourth-order valence-corrected chi connectivity index (χ4v) is 1.77. The third-order valence-electron chi connectivity index (χ3n) is 2.84. The van der Waals surface area contributed by atoms with Gasteiger partial charge in [-0.15, -0.1) is 0 Å². The Morgan fingerprint density at radius 2 is 2.00 bits per heavy atom. The summed E-state index contributed by atoms with van der Waals surface area (Å²) in [5.74, 6) is -1.13. The number of amides is 1. The molecule has 0 spiro atoms. The van der Waals surface area contributed by atoms with Gasteiger partial charge >= 0.3 is 5.97 Å². The molecule has 0 saturated heterocycles. The van der Waals surface area contributed by atoms with E-state index in [2.05, 4.69) is 5.32 Å². The van der Waals surface area contributed by atoms with Crippen LogP contribution in [0.3, 0.4) is 0 Å². The summed E-state index contributed by atoms with van der Waals surface area (Å²) in [7, 11) is 0.